The average Bonchev–Trinajstić information content (AvgIpc) is 2.18. The van der Waals surface area contributed by atoms with Gasteiger partial charge in [0.05, 0.1) is 6.67 Å². The highest BCUT2D eigenvalue weighted by Gasteiger charge is 2.55. The van der Waals surface area contributed by atoms with E-state index in [9.17, 15) is 4.39 Å². The van der Waals surface area contributed by atoms with Crippen LogP contribution in [0.1, 0.15) is 34.6 Å². The Labute approximate surface area is 94.4 Å². The third-order valence-electron chi connectivity index (χ3n) is 3.73. The smallest absolute Gasteiger partial charge is 0.346 e. The molecular formula is C11H25FO2Si. The first kappa shape index (κ1) is 15.1. The standard InChI is InChI=1S/C11H25FO2Si/c1-9(2)15(13-6,14-7)11(4,5)10(3)8-12/h9-10H,8H2,1-7H3. The van der Waals surface area contributed by atoms with Crippen molar-refractivity contribution >= 4 is 8.56 Å². The highest BCUT2D eigenvalue weighted by molar-refractivity contribution is 6.72. The Hall–Kier alpha value is 0.0669. The zero-order valence-electron chi connectivity index (χ0n) is 11.1. The molecule has 0 fully saturated rings. The molecule has 0 saturated heterocycles. The van der Waals surface area contributed by atoms with Gasteiger partial charge in [-0.3, -0.25) is 4.39 Å². The van der Waals surface area contributed by atoms with Crippen molar-refractivity contribution in [3.63, 3.8) is 0 Å². The lowest BCUT2D eigenvalue weighted by atomic mass is 9.98. The Morgan fingerprint density at radius 1 is 1.13 bits per heavy atom. The van der Waals surface area contributed by atoms with Crippen LogP contribution in [0.4, 0.5) is 4.39 Å². The molecule has 0 N–H and O–H groups in total. The van der Waals surface area contributed by atoms with Crippen LogP contribution in [-0.4, -0.2) is 29.5 Å². The molecule has 1 unspecified atom stereocenters. The first-order valence-electron chi connectivity index (χ1n) is 5.46. The van der Waals surface area contributed by atoms with Crippen molar-refractivity contribution < 1.29 is 13.2 Å². The van der Waals surface area contributed by atoms with Gasteiger partial charge in [-0.1, -0.05) is 34.6 Å². The van der Waals surface area contributed by atoms with Crippen LogP contribution in [0.3, 0.4) is 0 Å². The summed E-state index contributed by atoms with van der Waals surface area (Å²) in [4.78, 5) is 0. The molecule has 1 atom stereocenters. The summed E-state index contributed by atoms with van der Waals surface area (Å²) < 4.78 is 24.2. The maximum atomic E-state index is 12.9. The molecule has 0 heterocycles. The van der Waals surface area contributed by atoms with E-state index in [1.165, 1.54) is 0 Å². The molecule has 0 aromatic carbocycles. The minimum Gasteiger partial charge on any atom is -0.397 e. The lowest BCUT2D eigenvalue weighted by Crippen LogP contribution is -2.55. The predicted octanol–water partition coefficient (Wildman–Crippen LogP) is 3.52. The molecule has 0 aromatic rings. The molecule has 0 saturated carbocycles. The zero-order valence-corrected chi connectivity index (χ0v) is 12.1. The fourth-order valence-corrected chi connectivity index (χ4v) is 6.77. The zero-order chi connectivity index (χ0) is 12.3. The van der Waals surface area contributed by atoms with Crippen LogP contribution in [0.15, 0.2) is 0 Å². The van der Waals surface area contributed by atoms with Gasteiger partial charge in [0.1, 0.15) is 0 Å². The van der Waals surface area contributed by atoms with Crippen LogP contribution in [0.25, 0.3) is 0 Å². The van der Waals surface area contributed by atoms with Crippen LogP contribution in [0, 0.1) is 5.92 Å². The monoisotopic (exact) mass is 236 g/mol. The molecule has 0 spiro atoms. The minimum absolute atomic E-state index is 0.0496. The van der Waals surface area contributed by atoms with Gasteiger partial charge < -0.3 is 8.85 Å². The Morgan fingerprint density at radius 2 is 1.53 bits per heavy atom. The van der Waals surface area contributed by atoms with Crippen LogP contribution in [0.2, 0.25) is 10.6 Å². The summed E-state index contributed by atoms with van der Waals surface area (Å²) in [5.41, 5.74) is 0.302. The van der Waals surface area contributed by atoms with Gasteiger partial charge in [0.2, 0.25) is 0 Å². The van der Waals surface area contributed by atoms with Crippen molar-refractivity contribution in [3.05, 3.63) is 0 Å². The Morgan fingerprint density at radius 3 is 1.73 bits per heavy atom. The van der Waals surface area contributed by atoms with E-state index in [-0.39, 0.29) is 17.6 Å². The molecule has 0 radical (unpaired) electrons. The summed E-state index contributed by atoms with van der Waals surface area (Å²) in [6.07, 6.45) is 0. The molecular weight excluding hydrogens is 211 g/mol. The van der Waals surface area contributed by atoms with E-state index in [1.54, 1.807) is 14.2 Å². The molecule has 0 bridgehead atoms. The number of hydrogen-bond acceptors (Lipinski definition) is 2. The molecule has 0 aliphatic carbocycles. The van der Waals surface area contributed by atoms with E-state index < -0.39 is 8.56 Å². The lowest BCUT2D eigenvalue weighted by molar-refractivity contribution is 0.169. The number of hydrogen-bond donors (Lipinski definition) is 0. The Kier molecular flexibility index (Phi) is 5.44. The van der Waals surface area contributed by atoms with E-state index in [1.807, 2.05) is 6.92 Å². The third-order valence-corrected chi connectivity index (χ3v) is 8.75. The number of rotatable bonds is 6. The molecule has 0 aliphatic heterocycles. The molecule has 2 nitrogen and oxygen atoms in total. The molecule has 0 aliphatic rings. The van der Waals surface area contributed by atoms with Gasteiger partial charge in [-0.15, -0.1) is 0 Å². The van der Waals surface area contributed by atoms with Crippen molar-refractivity contribution in [2.45, 2.75) is 45.2 Å². The summed E-state index contributed by atoms with van der Waals surface area (Å²) in [6.45, 7) is 9.87. The molecule has 4 heteroatoms. The van der Waals surface area contributed by atoms with Crippen molar-refractivity contribution in [2.24, 2.45) is 5.92 Å². The normalized spacial score (nSPS) is 15.8. The fourth-order valence-electron chi connectivity index (χ4n) is 2.36. The van der Waals surface area contributed by atoms with Crippen LogP contribution in [-0.2, 0) is 8.85 Å². The second kappa shape index (κ2) is 5.41. The number of halogens is 1. The third kappa shape index (κ3) is 2.42. The van der Waals surface area contributed by atoms with E-state index >= 15 is 0 Å². The van der Waals surface area contributed by atoms with Crippen LogP contribution in [0.5, 0.6) is 0 Å². The summed E-state index contributed by atoms with van der Waals surface area (Å²) in [6, 6.07) is 0. The first-order valence-corrected chi connectivity index (χ1v) is 7.35. The van der Waals surface area contributed by atoms with E-state index in [2.05, 4.69) is 27.7 Å². The highest BCUT2D eigenvalue weighted by Crippen LogP contribution is 2.50. The van der Waals surface area contributed by atoms with Crippen molar-refractivity contribution in [3.8, 4) is 0 Å². The van der Waals surface area contributed by atoms with E-state index in [0.29, 0.717) is 5.54 Å². The van der Waals surface area contributed by atoms with Gasteiger partial charge in [0, 0.05) is 19.3 Å². The average molecular weight is 236 g/mol. The van der Waals surface area contributed by atoms with E-state index in [4.69, 9.17) is 8.85 Å². The van der Waals surface area contributed by atoms with Crippen LogP contribution < -0.4 is 0 Å². The lowest BCUT2D eigenvalue weighted by Gasteiger charge is -2.46. The predicted molar refractivity (Wildman–Crippen MR) is 64.1 cm³/mol. The van der Waals surface area contributed by atoms with Gasteiger partial charge in [-0.25, -0.2) is 0 Å². The summed E-state index contributed by atoms with van der Waals surface area (Å²) in [5.74, 6) is -0.0496. The van der Waals surface area contributed by atoms with Gasteiger partial charge in [-0.05, 0) is 11.5 Å². The summed E-state index contributed by atoms with van der Waals surface area (Å²) in [7, 11) is 0.993. The van der Waals surface area contributed by atoms with Crippen molar-refractivity contribution in [2.75, 3.05) is 20.9 Å². The van der Waals surface area contributed by atoms with Gasteiger partial charge >= 0.3 is 8.56 Å². The fraction of sp³-hybridized carbons (Fsp3) is 1.00. The maximum absolute atomic E-state index is 12.9. The topological polar surface area (TPSA) is 18.5 Å². The SMILES string of the molecule is CO[Si](OC)(C(C)C)C(C)(C)C(C)CF. The number of alkyl halides is 1. The molecule has 15 heavy (non-hydrogen) atoms. The molecule has 0 aromatic heterocycles. The quantitative estimate of drug-likeness (QED) is 0.657. The van der Waals surface area contributed by atoms with Gasteiger partial charge in [-0.2, -0.15) is 0 Å². The molecule has 92 valence electrons. The van der Waals surface area contributed by atoms with Crippen molar-refractivity contribution in [1.29, 1.82) is 0 Å². The second-order valence-corrected chi connectivity index (χ2v) is 9.60. The minimum atomic E-state index is -2.37. The Balaban J connectivity index is 5.22. The summed E-state index contributed by atoms with van der Waals surface area (Å²) in [5, 5.41) is -0.237. The Bertz CT molecular complexity index is 191. The van der Waals surface area contributed by atoms with E-state index in [0.717, 1.165) is 0 Å². The largest absolute Gasteiger partial charge is 0.397 e. The van der Waals surface area contributed by atoms with Crippen molar-refractivity contribution in [1.82, 2.24) is 0 Å². The maximum Gasteiger partial charge on any atom is 0.346 e. The van der Waals surface area contributed by atoms with Crippen LogP contribution >= 0.6 is 0 Å². The summed E-state index contributed by atoms with van der Waals surface area (Å²) >= 11 is 0. The molecule has 0 rings (SSSR count). The molecule has 0 amide bonds. The second-order valence-electron chi connectivity index (χ2n) is 5.01. The highest BCUT2D eigenvalue weighted by atomic mass is 28.4. The first-order chi connectivity index (χ1) is 6.80. The van der Waals surface area contributed by atoms with Gasteiger partial charge in [0.25, 0.3) is 0 Å². The van der Waals surface area contributed by atoms with Gasteiger partial charge in [0.15, 0.2) is 0 Å².